The van der Waals surface area contributed by atoms with Crippen LogP contribution in [0.5, 0.6) is 5.75 Å². The molecule has 0 aliphatic carbocycles. The molecule has 0 aromatic heterocycles. The van der Waals surface area contributed by atoms with Crippen LogP contribution in [0.15, 0.2) is 23.1 Å². The van der Waals surface area contributed by atoms with Crippen LogP contribution in [0.2, 0.25) is 0 Å². The van der Waals surface area contributed by atoms with E-state index in [1.807, 2.05) is 13.0 Å². The molecule has 1 aromatic carbocycles. The van der Waals surface area contributed by atoms with Crippen molar-refractivity contribution in [3.05, 3.63) is 23.8 Å². The number of methoxy groups -OCH3 is 1. The van der Waals surface area contributed by atoms with Gasteiger partial charge in [0.25, 0.3) is 0 Å². The van der Waals surface area contributed by atoms with Crippen LogP contribution in [0.1, 0.15) is 18.4 Å². The van der Waals surface area contributed by atoms with E-state index in [2.05, 4.69) is 6.07 Å². The Labute approximate surface area is 119 Å². The van der Waals surface area contributed by atoms with Gasteiger partial charge in [-0.15, -0.1) is 0 Å². The van der Waals surface area contributed by atoms with Gasteiger partial charge in [-0.05, 0) is 37.5 Å². The Bertz CT molecular complexity index is 626. The second-order valence-corrected chi connectivity index (χ2v) is 6.87. The highest BCUT2D eigenvalue weighted by atomic mass is 32.2. The summed E-state index contributed by atoms with van der Waals surface area (Å²) >= 11 is 0. The maximum absolute atomic E-state index is 12.7. The summed E-state index contributed by atoms with van der Waals surface area (Å²) in [6.07, 6.45) is 1.17. The largest absolute Gasteiger partial charge is 0.495 e. The van der Waals surface area contributed by atoms with E-state index < -0.39 is 10.0 Å². The Morgan fingerprint density at radius 3 is 2.55 bits per heavy atom. The third-order valence-electron chi connectivity index (χ3n) is 3.57. The van der Waals surface area contributed by atoms with E-state index in [4.69, 9.17) is 10.00 Å². The lowest BCUT2D eigenvalue weighted by molar-refractivity contribution is 0.308. The number of benzene rings is 1. The van der Waals surface area contributed by atoms with E-state index in [-0.39, 0.29) is 10.8 Å². The minimum absolute atomic E-state index is 0.0409. The number of piperidine rings is 1. The number of nitriles is 1. The van der Waals surface area contributed by atoms with Gasteiger partial charge >= 0.3 is 0 Å². The summed E-state index contributed by atoms with van der Waals surface area (Å²) in [6, 6.07) is 7.32. The van der Waals surface area contributed by atoms with Gasteiger partial charge in [-0.1, -0.05) is 6.07 Å². The van der Waals surface area contributed by atoms with Gasteiger partial charge in [-0.25, -0.2) is 8.42 Å². The summed E-state index contributed by atoms with van der Waals surface area (Å²) in [5.41, 5.74) is 0.872. The van der Waals surface area contributed by atoms with E-state index in [9.17, 15) is 8.42 Å². The maximum Gasteiger partial charge on any atom is 0.246 e. The normalized spacial score (nSPS) is 17.6. The number of rotatable bonds is 3. The molecule has 1 aromatic rings. The van der Waals surface area contributed by atoms with Crippen molar-refractivity contribution >= 4 is 10.0 Å². The summed E-state index contributed by atoms with van der Waals surface area (Å²) in [7, 11) is -2.10. The molecule has 1 aliphatic rings. The molecule has 1 saturated heterocycles. The zero-order chi connectivity index (χ0) is 14.8. The lowest BCUT2D eigenvalue weighted by Gasteiger charge is -2.28. The molecule has 0 saturated carbocycles. The number of sulfonamides is 1. The van der Waals surface area contributed by atoms with Crippen LogP contribution in [0.4, 0.5) is 0 Å². The number of ether oxygens (including phenoxy) is 1. The first-order valence-corrected chi connectivity index (χ1v) is 7.97. The highest BCUT2D eigenvalue weighted by Crippen LogP contribution is 2.30. The number of hydrogen-bond acceptors (Lipinski definition) is 4. The fraction of sp³-hybridized carbons (Fsp3) is 0.500. The van der Waals surface area contributed by atoms with Crippen molar-refractivity contribution in [1.29, 1.82) is 5.26 Å². The average Bonchev–Trinajstić information content (AvgIpc) is 2.47. The molecule has 1 heterocycles. The second kappa shape index (κ2) is 5.81. The van der Waals surface area contributed by atoms with Crippen molar-refractivity contribution in [1.82, 2.24) is 4.31 Å². The lowest BCUT2D eigenvalue weighted by atomic mass is 10.0. The quantitative estimate of drug-likeness (QED) is 0.854. The fourth-order valence-electron chi connectivity index (χ4n) is 2.35. The molecule has 0 N–H and O–H groups in total. The first-order valence-electron chi connectivity index (χ1n) is 6.53. The van der Waals surface area contributed by atoms with Crippen molar-refractivity contribution in [3.8, 4) is 11.8 Å². The van der Waals surface area contributed by atoms with Gasteiger partial charge < -0.3 is 4.74 Å². The predicted octanol–water partition coefficient (Wildman–Crippen LogP) is 1.93. The number of aryl methyl sites for hydroxylation is 1. The lowest BCUT2D eigenvalue weighted by Crippen LogP contribution is -2.38. The molecular formula is C14H18N2O3S. The predicted molar refractivity (Wildman–Crippen MR) is 74.8 cm³/mol. The van der Waals surface area contributed by atoms with Crippen molar-refractivity contribution in [2.24, 2.45) is 5.92 Å². The standard InChI is InChI=1S/C14H18N2O3S/c1-11-3-4-13(19-2)14(9-11)20(17,18)16-7-5-12(10-15)6-8-16/h3-4,9,12H,5-8H2,1-2H3. The molecule has 1 aliphatic heterocycles. The molecule has 5 nitrogen and oxygen atoms in total. The molecule has 6 heteroatoms. The van der Waals surface area contributed by atoms with Crippen LogP contribution in [0.3, 0.4) is 0 Å². The third kappa shape index (κ3) is 2.79. The Hall–Kier alpha value is -1.58. The molecule has 0 atom stereocenters. The van der Waals surface area contributed by atoms with Gasteiger partial charge in [0.15, 0.2) is 0 Å². The van der Waals surface area contributed by atoms with Crippen LogP contribution in [0.25, 0.3) is 0 Å². The van der Waals surface area contributed by atoms with Crippen LogP contribution >= 0.6 is 0 Å². The van der Waals surface area contributed by atoms with Gasteiger partial charge in [-0.3, -0.25) is 0 Å². The Morgan fingerprint density at radius 1 is 1.35 bits per heavy atom. The van der Waals surface area contributed by atoms with Gasteiger partial charge in [0.1, 0.15) is 10.6 Å². The zero-order valence-corrected chi connectivity index (χ0v) is 12.5. The minimum atomic E-state index is -3.56. The van der Waals surface area contributed by atoms with Crippen molar-refractivity contribution in [2.75, 3.05) is 20.2 Å². The summed E-state index contributed by atoms with van der Waals surface area (Å²) in [5.74, 6) is 0.318. The van der Waals surface area contributed by atoms with Crippen molar-refractivity contribution in [2.45, 2.75) is 24.7 Å². The Balaban J connectivity index is 2.32. The monoisotopic (exact) mass is 294 g/mol. The molecule has 108 valence electrons. The van der Waals surface area contributed by atoms with E-state index in [1.165, 1.54) is 11.4 Å². The summed E-state index contributed by atoms with van der Waals surface area (Å²) < 4.78 is 32.0. The molecule has 0 bridgehead atoms. The van der Waals surface area contributed by atoms with Crippen molar-refractivity contribution in [3.63, 3.8) is 0 Å². The molecule has 1 fully saturated rings. The molecule has 20 heavy (non-hydrogen) atoms. The number of hydrogen-bond donors (Lipinski definition) is 0. The van der Waals surface area contributed by atoms with Gasteiger partial charge in [0, 0.05) is 19.0 Å². The first-order chi connectivity index (χ1) is 9.48. The molecule has 0 amide bonds. The van der Waals surface area contributed by atoms with Crippen molar-refractivity contribution < 1.29 is 13.2 Å². The summed E-state index contributed by atoms with van der Waals surface area (Å²) in [6.45, 7) is 2.62. The van der Waals surface area contributed by atoms with Crippen LogP contribution in [-0.2, 0) is 10.0 Å². The van der Waals surface area contributed by atoms with Crippen LogP contribution in [-0.4, -0.2) is 32.9 Å². The average molecular weight is 294 g/mol. The van der Waals surface area contributed by atoms with E-state index >= 15 is 0 Å². The van der Waals surface area contributed by atoms with E-state index in [1.54, 1.807) is 12.1 Å². The summed E-state index contributed by atoms with van der Waals surface area (Å²) in [5, 5.41) is 8.88. The van der Waals surface area contributed by atoms with Gasteiger partial charge in [0.2, 0.25) is 10.0 Å². The molecule has 2 rings (SSSR count). The Kier molecular flexibility index (Phi) is 4.31. The van der Waals surface area contributed by atoms with Gasteiger partial charge in [0.05, 0.1) is 13.2 Å². The Morgan fingerprint density at radius 2 is 2.00 bits per heavy atom. The molecule has 0 radical (unpaired) electrons. The summed E-state index contributed by atoms with van der Waals surface area (Å²) in [4.78, 5) is 0.204. The highest BCUT2D eigenvalue weighted by molar-refractivity contribution is 7.89. The minimum Gasteiger partial charge on any atom is -0.495 e. The van der Waals surface area contributed by atoms with E-state index in [0.717, 1.165) is 5.56 Å². The topological polar surface area (TPSA) is 70.4 Å². The maximum atomic E-state index is 12.7. The van der Waals surface area contributed by atoms with Crippen LogP contribution < -0.4 is 4.74 Å². The van der Waals surface area contributed by atoms with E-state index in [0.29, 0.717) is 31.7 Å². The highest BCUT2D eigenvalue weighted by Gasteiger charge is 2.31. The zero-order valence-electron chi connectivity index (χ0n) is 11.7. The smallest absolute Gasteiger partial charge is 0.246 e. The molecule has 0 spiro atoms. The SMILES string of the molecule is COc1ccc(C)cc1S(=O)(=O)N1CCC(C#N)CC1. The molecule has 0 unspecified atom stereocenters. The molecular weight excluding hydrogens is 276 g/mol. The first kappa shape index (κ1) is 14.8. The number of nitrogens with zero attached hydrogens (tertiary/aromatic N) is 2. The second-order valence-electron chi connectivity index (χ2n) is 4.96. The third-order valence-corrected chi connectivity index (χ3v) is 5.49. The fourth-order valence-corrected chi connectivity index (χ4v) is 4.06. The van der Waals surface area contributed by atoms with Crippen LogP contribution in [0, 0.1) is 24.2 Å². The van der Waals surface area contributed by atoms with Gasteiger partial charge in [-0.2, -0.15) is 9.57 Å².